The second-order valence-corrected chi connectivity index (χ2v) is 6.21. The Kier molecular flexibility index (Phi) is 2.57. The van der Waals surface area contributed by atoms with Gasteiger partial charge < -0.3 is 4.74 Å². The third-order valence-corrected chi connectivity index (χ3v) is 5.55. The van der Waals surface area contributed by atoms with Crippen molar-refractivity contribution < 1.29 is 9.53 Å². The van der Waals surface area contributed by atoms with Crippen molar-refractivity contribution in [2.45, 2.75) is 44.4 Å². The zero-order valence-corrected chi connectivity index (χ0v) is 11.9. The lowest BCUT2D eigenvalue weighted by Crippen LogP contribution is -2.43. The van der Waals surface area contributed by atoms with Gasteiger partial charge in [0.05, 0.1) is 12.5 Å². The number of para-hydroxylation sites is 1. The van der Waals surface area contributed by atoms with Gasteiger partial charge >= 0.3 is 0 Å². The highest BCUT2D eigenvalue weighted by Gasteiger charge is 2.56. The molecule has 0 saturated carbocycles. The monoisotopic (exact) mass is 268 g/mol. The van der Waals surface area contributed by atoms with E-state index in [4.69, 9.17) is 4.74 Å². The van der Waals surface area contributed by atoms with Crippen LogP contribution in [0.4, 0.5) is 0 Å². The number of ketones is 1. The van der Waals surface area contributed by atoms with Crippen molar-refractivity contribution in [1.29, 1.82) is 0 Å². The second kappa shape index (κ2) is 4.21. The molecular formula is C18H20O2. The van der Waals surface area contributed by atoms with Gasteiger partial charge in [0.15, 0.2) is 5.78 Å². The Labute approximate surface area is 119 Å². The molecule has 0 spiro atoms. The second-order valence-electron chi connectivity index (χ2n) is 6.21. The first-order valence-corrected chi connectivity index (χ1v) is 7.78. The van der Waals surface area contributed by atoms with E-state index in [-0.39, 0.29) is 11.3 Å². The van der Waals surface area contributed by atoms with Crippen LogP contribution in [0.5, 0.6) is 5.75 Å². The molecule has 0 fully saturated rings. The van der Waals surface area contributed by atoms with Crippen LogP contribution >= 0.6 is 0 Å². The lowest BCUT2D eigenvalue weighted by Gasteiger charge is -2.42. The van der Waals surface area contributed by atoms with E-state index in [1.54, 1.807) is 0 Å². The number of hydrogen-bond donors (Lipinski definition) is 0. The van der Waals surface area contributed by atoms with Gasteiger partial charge in [-0.25, -0.2) is 0 Å². The molecule has 0 bridgehead atoms. The number of ether oxygens (including phenoxy) is 1. The molecule has 3 aliphatic rings. The summed E-state index contributed by atoms with van der Waals surface area (Å²) >= 11 is 0. The molecule has 1 aromatic carbocycles. The Balaban J connectivity index is 1.98. The number of allylic oxidation sites excluding steroid dienone is 2. The quantitative estimate of drug-likeness (QED) is 0.774. The minimum Gasteiger partial charge on any atom is -0.492 e. The summed E-state index contributed by atoms with van der Waals surface area (Å²) in [5.41, 5.74) is 3.77. The first kappa shape index (κ1) is 12.2. The SMILES string of the molecule is CC[C@]12C3=C(CCCC3)C(=O)[C@H]1COc1ccccc12. The molecule has 1 heterocycles. The molecule has 2 aliphatic carbocycles. The van der Waals surface area contributed by atoms with Crippen LogP contribution < -0.4 is 4.74 Å². The number of rotatable bonds is 1. The van der Waals surface area contributed by atoms with E-state index in [0.717, 1.165) is 30.6 Å². The molecule has 0 N–H and O–H groups in total. The van der Waals surface area contributed by atoms with Gasteiger partial charge in [-0.15, -0.1) is 0 Å². The summed E-state index contributed by atoms with van der Waals surface area (Å²) in [4.78, 5) is 12.8. The van der Waals surface area contributed by atoms with Crippen LogP contribution in [0.25, 0.3) is 0 Å². The van der Waals surface area contributed by atoms with E-state index in [0.29, 0.717) is 12.4 Å². The smallest absolute Gasteiger partial charge is 0.166 e. The molecule has 0 unspecified atom stereocenters. The van der Waals surface area contributed by atoms with E-state index in [2.05, 4.69) is 25.1 Å². The average Bonchev–Trinajstić information content (AvgIpc) is 2.78. The fraction of sp³-hybridized carbons (Fsp3) is 0.500. The van der Waals surface area contributed by atoms with Gasteiger partial charge in [0, 0.05) is 11.0 Å². The summed E-state index contributed by atoms with van der Waals surface area (Å²) in [5.74, 6) is 1.37. The Morgan fingerprint density at radius 3 is 2.90 bits per heavy atom. The summed E-state index contributed by atoms with van der Waals surface area (Å²) < 4.78 is 5.89. The van der Waals surface area contributed by atoms with E-state index in [9.17, 15) is 4.79 Å². The summed E-state index contributed by atoms with van der Waals surface area (Å²) in [6.45, 7) is 2.78. The van der Waals surface area contributed by atoms with Crippen molar-refractivity contribution in [3.05, 3.63) is 41.0 Å². The van der Waals surface area contributed by atoms with Crippen molar-refractivity contribution >= 4 is 5.78 Å². The van der Waals surface area contributed by atoms with Gasteiger partial charge in [0.25, 0.3) is 0 Å². The van der Waals surface area contributed by atoms with Crippen molar-refractivity contribution in [3.8, 4) is 5.75 Å². The molecule has 2 heteroatoms. The summed E-state index contributed by atoms with van der Waals surface area (Å²) in [6, 6.07) is 8.32. The van der Waals surface area contributed by atoms with Gasteiger partial charge in [0.2, 0.25) is 0 Å². The van der Waals surface area contributed by atoms with E-state index in [1.807, 2.05) is 6.07 Å². The molecule has 0 saturated heterocycles. The van der Waals surface area contributed by atoms with Gasteiger partial charge in [-0.05, 0) is 43.7 Å². The normalized spacial score (nSPS) is 31.4. The number of hydrogen-bond acceptors (Lipinski definition) is 2. The number of benzene rings is 1. The van der Waals surface area contributed by atoms with E-state index in [1.165, 1.54) is 24.0 Å². The van der Waals surface area contributed by atoms with Crippen LogP contribution in [-0.2, 0) is 10.2 Å². The van der Waals surface area contributed by atoms with Crippen molar-refractivity contribution in [2.24, 2.45) is 5.92 Å². The third-order valence-electron chi connectivity index (χ3n) is 5.55. The lowest BCUT2D eigenvalue weighted by molar-refractivity contribution is -0.121. The van der Waals surface area contributed by atoms with Gasteiger partial charge in [-0.3, -0.25) is 4.79 Å². The van der Waals surface area contributed by atoms with Crippen LogP contribution in [0.3, 0.4) is 0 Å². The molecule has 1 aromatic rings. The molecule has 0 aromatic heterocycles. The summed E-state index contributed by atoms with van der Waals surface area (Å²) in [5, 5.41) is 0. The molecule has 0 amide bonds. The largest absolute Gasteiger partial charge is 0.492 e. The Hall–Kier alpha value is -1.57. The van der Waals surface area contributed by atoms with Gasteiger partial charge in [-0.2, -0.15) is 0 Å². The predicted octanol–water partition coefficient (Wildman–Crippen LogP) is 3.80. The topological polar surface area (TPSA) is 26.3 Å². The average molecular weight is 268 g/mol. The Bertz CT molecular complexity index is 614. The van der Waals surface area contributed by atoms with E-state index < -0.39 is 0 Å². The van der Waals surface area contributed by atoms with Crippen LogP contribution in [0.2, 0.25) is 0 Å². The highest BCUT2D eigenvalue weighted by molar-refractivity contribution is 6.03. The van der Waals surface area contributed by atoms with Crippen LogP contribution in [0, 0.1) is 5.92 Å². The Morgan fingerprint density at radius 2 is 2.05 bits per heavy atom. The van der Waals surface area contributed by atoms with Crippen LogP contribution in [0.1, 0.15) is 44.6 Å². The molecule has 4 rings (SSSR count). The van der Waals surface area contributed by atoms with Gasteiger partial charge in [0.1, 0.15) is 5.75 Å². The van der Waals surface area contributed by atoms with Crippen LogP contribution in [-0.4, -0.2) is 12.4 Å². The molecule has 1 aliphatic heterocycles. The molecule has 2 nitrogen and oxygen atoms in total. The molecule has 20 heavy (non-hydrogen) atoms. The van der Waals surface area contributed by atoms with E-state index >= 15 is 0 Å². The molecular weight excluding hydrogens is 248 g/mol. The summed E-state index contributed by atoms with van der Waals surface area (Å²) in [6.07, 6.45) is 5.47. The maximum Gasteiger partial charge on any atom is 0.166 e. The molecule has 0 radical (unpaired) electrons. The maximum absolute atomic E-state index is 12.8. The zero-order valence-electron chi connectivity index (χ0n) is 11.9. The van der Waals surface area contributed by atoms with Crippen molar-refractivity contribution in [2.75, 3.05) is 6.61 Å². The number of Topliss-reactive ketones (excluding diaryl/α,β-unsaturated/α-hetero) is 1. The minimum absolute atomic E-state index is 0.0190. The first-order chi connectivity index (χ1) is 9.79. The molecule has 104 valence electrons. The first-order valence-electron chi connectivity index (χ1n) is 7.78. The summed E-state index contributed by atoms with van der Waals surface area (Å²) in [7, 11) is 0. The minimum atomic E-state index is -0.0678. The highest BCUT2D eigenvalue weighted by atomic mass is 16.5. The fourth-order valence-electron chi connectivity index (χ4n) is 4.67. The van der Waals surface area contributed by atoms with Gasteiger partial charge in [-0.1, -0.05) is 30.7 Å². The standard InChI is InChI=1S/C18H20O2/c1-2-18-13-8-4-3-7-12(13)17(19)15(18)11-20-16-10-6-5-9-14(16)18/h5-6,9-10,15H,2-4,7-8,11H2,1H3/t15-,18-/m1/s1. The lowest BCUT2D eigenvalue weighted by atomic mass is 9.64. The Morgan fingerprint density at radius 1 is 1.25 bits per heavy atom. The number of carbonyl (C=O) groups is 1. The maximum atomic E-state index is 12.8. The van der Waals surface area contributed by atoms with Crippen molar-refractivity contribution in [1.82, 2.24) is 0 Å². The third kappa shape index (κ3) is 1.32. The highest BCUT2D eigenvalue weighted by Crippen LogP contribution is 2.57. The molecule has 2 atom stereocenters. The zero-order chi connectivity index (χ0) is 13.7. The number of fused-ring (bicyclic) bond motifs is 4. The van der Waals surface area contributed by atoms with Crippen molar-refractivity contribution in [3.63, 3.8) is 0 Å². The fourth-order valence-corrected chi connectivity index (χ4v) is 4.67. The van der Waals surface area contributed by atoms with Crippen LogP contribution in [0.15, 0.2) is 35.4 Å². The predicted molar refractivity (Wildman–Crippen MR) is 77.9 cm³/mol. The number of carbonyl (C=O) groups excluding carboxylic acids is 1.